The lowest BCUT2D eigenvalue weighted by Crippen LogP contribution is -2.18. The third kappa shape index (κ3) is 3.72. The molecule has 0 heterocycles. The molecule has 1 saturated carbocycles. The molecule has 0 amide bonds. The molecule has 0 aromatic carbocycles. The van der Waals surface area contributed by atoms with E-state index in [1.807, 2.05) is 0 Å². The highest BCUT2D eigenvalue weighted by Crippen LogP contribution is 2.20. The van der Waals surface area contributed by atoms with Crippen LogP contribution >= 0.6 is 0 Å². The molecule has 1 N–H and O–H groups in total. The largest absolute Gasteiger partial charge is 0.481 e. The summed E-state index contributed by atoms with van der Waals surface area (Å²) in [5.41, 5.74) is 0. The van der Waals surface area contributed by atoms with E-state index in [1.165, 1.54) is 19.3 Å². The summed E-state index contributed by atoms with van der Waals surface area (Å²) in [5, 5.41) is 8.36. The van der Waals surface area contributed by atoms with Crippen LogP contribution in [0.4, 0.5) is 0 Å². The first-order valence-electron chi connectivity index (χ1n) is 4.62. The SMILES string of the molecule is O=C(O)CCOC1CCCCC1. The molecule has 1 aliphatic rings. The van der Waals surface area contributed by atoms with Gasteiger partial charge in [-0.25, -0.2) is 0 Å². The molecular weight excluding hydrogens is 156 g/mol. The number of hydrogen-bond donors (Lipinski definition) is 1. The molecule has 1 rings (SSSR count). The van der Waals surface area contributed by atoms with Gasteiger partial charge in [0.15, 0.2) is 0 Å². The van der Waals surface area contributed by atoms with Crippen molar-refractivity contribution in [3.05, 3.63) is 0 Å². The topological polar surface area (TPSA) is 46.5 Å². The van der Waals surface area contributed by atoms with Crippen LogP contribution in [0.15, 0.2) is 0 Å². The highest BCUT2D eigenvalue weighted by Gasteiger charge is 2.13. The fourth-order valence-corrected chi connectivity index (χ4v) is 1.54. The van der Waals surface area contributed by atoms with Crippen molar-refractivity contribution in [2.24, 2.45) is 0 Å². The average Bonchev–Trinajstić information content (AvgIpc) is 2.05. The molecule has 0 radical (unpaired) electrons. The molecule has 0 aliphatic heterocycles. The van der Waals surface area contributed by atoms with E-state index in [0.29, 0.717) is 12.7 Å². The molecule has 0 saturated heterocycles. The molecule has 12 heavy (non-hydrogen) atoms. The summed E-state index contributed by atoms with van der Waals surface area (Å²) in [7, 11) is 0. The number of carboxylic acids is 1. The van der Waals surface area contributed by atoms with Crippen molar-refractivity contribution in [1.29, 1.82) is 0 Å². The number of aliphatic carboxylic acids is 1. The van der Waals surface area contributed by atoms with Crippen LogP contribution in [0, 0.1) is 0 Å². The van der Waals surface area contributed by atoms with Crippen molar-refractivity contribution in [3.63, 3.8) is 0 Å². The van der Waals surface area contributed by atoms with Crippen LogP contribution in [0.3, 0.4) is 0 Å². The lowest BCUT2D eigenvalue weighted by atomic mass is 9.98. The molecule has 3 heteroatoms. The van der Waals surface area contributed by atoms with Gasteiger partial charge in [-0.1, -0.05) is 19.3 Å². The maximum absolute atomic E-state index is 10.2. The second-order valence-corrected chi connectivity index (χ2v) is 3.27. The Bertz CT molecular complexity index is 139. The Labute approximate surface area is 72.7 Å². The van der Waals surface area contributed by atoms with E-state index in [2.05, 4.69) is 0 Å². The summed E-state index contributed by atoms with van der Waals surface area (Å²) in [4.78, 5) is 10.2. The van der Waals surface area contributed by atoms with E-state index in [4.69, 9.17) is 9.84 Å². The summed E-state index contributed by atoms with van der Waals surface area (Å²) in [5.74, 6) is -0.772. The number of carboxylic acid groups (broad SMARTS) is 1. The third-order valence-corrected chi connectivity index (χ3v) is 2.22. The van der Waals surface area contributed by atoms with Crippen LogP contribution in [-0.4, -0.2) is 23.8 Å². The van der Waals surface area contributed by atoms with Gasteiger partial charge in [0.1, 0.15) is 0 Å². The van der Waals surface area contributed by atoms with Crippen molar-refractivity contribution in [2.45, 2.75) is 44.6 Å². The first kappa shape index (κ1) is 9.52. The second kappa shape index (κ2) is 5.14. The van der Waals surface area contributed by atoms with Crippen LogP contribution in [0.5, 0.6) is 0 Å². The highest BCUT2D eigenvalue weighted by atomic mass is 16.5. The minimum absolute atomic E-state index is 0.135. The second-order valence-electron chi connectivity index (χ2n) is 3.27. The van der Waals surface area contributed by atoms with Crippen molar-refractivity contribution in [2.75, 3.05) is 6.61 Å². The fraction of sp³-hybridized carbons (Fsp3) is 0.889. The smallest absolute Gasteiger partial charge is 0.305 e. The van der Waals surface area contributed by atoms with Crippen molar-refractivity contribution >= 4 is 5.97 Å². The summed E-state index contributed by atoms with van der Waals surface area (Å²) >= 11 is 0. The molecule has 0 atom stereocenters. The summed E-state index contributed by atoms with van der Waals surface area (Å²) in [6.07, 6.45) is 6.46. The van der Waals surface area contributed by atoms with Gasteiger partial charge in [-0.2, -0.15) is 0 Å². The van der Waals surface area contributed by atoms with Gasteiger partial charge in [-0.3, -0.25) is 4.79 Å². The standard InChI is InChI=1S/C9H16O3/c10-9(11)6-7-12-8-4-2-1-3-5-8/h8H,1-7H2,(H,10,11). The Kier molecular flexibility index (Phi) is 4.08. The zero-order valence-electron chi connectivity index (χ0n) is 7.29. The van der Waals surface area contributed by atoms with Gasteiger partial charge in [-0.05, 0) is 12.8 Å². The first-order valence-corrected chi connectivity index (χ1v) is 4.62. The molecular formula is C9H16O3. The van der Waals surface area contributed by atoms with E-state index in [1.54, 1.807) is 0 Å². The number of carbonyl (C=O) groups is 1. The van der Waals surface area contributed by atoms with E-state index < -0.39 is 5.97 Å². The minimum Gasteiger partial charge on any atom is -0.481 e. The van der Waals surface area contributed by atoms with Gasteiger partial charge < -0.3 is 9.84 Å². The minimum atomic E-state index is -0.772. The van der Waals surface area contributed by atoms with E-state index in [0.717, 1.165) is 12.8 Å². The molecule has 1 fully saturated rings. The Morgan fingerprint density at radius 2 is 2.00 bits per heavy atom. The molecule has 70 valence electrons. The van der Waals surface area contributed by atoms with E-state index in [9.17, 15) is 4.79 Å². The third-order valence-electron chi connectivity index (χ3n) is 2.22. The molecule has 0 bridgehead atoms. The van der Waals surface area contributed by atoms with Crippen molar-refractivity contribution < 1.29 is 14.6 Å². The van der Waals surface area contributed by atoms with Gasteiger partial charge >= 0.3 is 5.97 Å². The van der Waals surface area contributed by atoms with Gasteiger partial charge in [0, 0.05) is 0 Å². The normalized spacial score (nSPS) is 19.3. The molecule has 3 nitrogen and oxygen atoms in total. The Morgan fingerprint density at radius 3 is 2.58 bits per heavy atom. The lowest BCUT2D eigenvalue weighted by molar-refractivity contribution is -0.138. The average molecular weight is 172 g/mol. The molecule has 0 unspecified atom stereocenters. The summed E-state index contributed by atoms with van der Waals surface area (Å²) < 4.78 is 5.41. The number of hydrogen-bond acceptors (Lipinski definition) is 2. The molecule has 0 aromatic rings. The summed E-state index contributed by atoms with van der Waals surface area (Å²) in [6.45, 7) is 0.375. The van der Waals surface area contributed by atoms with Gasteiger partial charge in [-0.15, -0.1) is 0 Å². The van der Waals surface area contributed by atoms with Gasteiger partial charge in [0.05, 0.1) is 19.1 Å². The van der Waals surface area contributed by atoms with Crippen LogP contribution in [-0.2, 0) is 9.53 Å². The fourth-order valence-electron chi connectivity index (χ4n) is 1.54. The Morgan fingerprint density at radius 1 is 1.33 bits per heavy atom. The van der Waals surface area contributed by atoms with E-state index in [-0.39, 0.29) is 6.42 Å². The Balaban J connectivity index is 2.01. The maximum Gasteiger partial charge on any atom is 0.305 e. The predicted octanol–water partition coefficient (Wildman–Crippen LogP) is 1.81. The van der Waals surface area contributed by atoms with Crippen LogP contribution < -0.4 is 0 Å². The van der Waals surface area contributed by atoms with E-state index >= 15 is 0 Å². The van der Waals surface area contributed by atoms with Crippen molar-refractivity contribution in [1.82, 2.24) is 0 Å². The zero-order valence-corrected chi connectivity index (χ0v) is 7.29. The van der Waals surface area contributed by atoms with Crippen LogP contribution in [0.25, 0.3) is 0 Å². The van der Waals surface area contributed by atoms with Crippen LogP contribution in [0.2, 0.25) is 0 Å². The van der Waals surface area contributed by atoms with Crippen molar-refractivity contribution in [3.8, 4) is 0 Å². The monoisotopic (exact) mass is 172 g/mol. The number of ether oxygens (including phenoxy) is 1. The molecule has 0 spiro atoms. The summed E-state index contributed by atoms with van der Waals surface area (Å²) in [6, 6.07) is 0. The lowest BCUT2D eigenvalue weighted by Gasteiger charge is -2.21. The number of rotatable bonds is 4. The predicted molar refractivity (Wildman–Crippen MR) is 45.1 cm³/mol. The van der Waals surface area contributed by atoms with Gasteiger partial charge in [0.2, 0.25) is 0 Å². The maximum atomic E-state index is 10.2. The first-order chi connectivity index (χ1) is 5.79. The highest BCUT2D eigenvalue weighted by molar-refractivity contribution is 5.66. The van der Waals surface area contributed by atoms with Crippen LogP contribution in [0.1, 0.15) is 38.5 Å². The molecule has 1 aliphatic carbocycles. The zero-order chi connectivity index (χ0) is 8.81. The quantitative estimate of drug-likeness (QED) is 0.703. The molecule has 0 aromatic heterocycles. The van der Waals surface area contributed by atoms with Gasteiger partial charge in [0.25, 0.3) is 0 Å². The Hall–Kier alpha value is -0.570.